The van der Waals surface area contributed by atoms with Crippen LogP contribution in [-0.2, 0) is 0 Å². The van der Waals surface area contributed by atoms with Crippen LogP contribution in [0.2, 0.25) is 0 Å². The van der Waals surface area contributed by atoms with Crippen molar-refractivity contribution in [1.82, 2.24) is 0 Å². The highest BCUT2D eigenvalue weighted by Crippen LogP contribution is 2.13. The third-order valence-electron chi connectivity index (χ3n) is 3.71. The van der Waals surface area contributed by atoms with Gasteiger partial charge in [0.2, 0.25) is 0 Å². The van der Waals surface area contributed by atoms with Gasteiger partial charge in [-0.3, -0.25) is 0 Å². The van der Waals surface area contributed by atoms with Crippen molar-refractivity contribution in [2.24, 2.45) is 0 Å². The van der Waals surface area contributed by atoms with E-state index in [-0.39, 0.29) is 0 Å². The van der Waals surface area contributed by atoms with Crippen molar-refractivity contribution in [3.63, 3.8) is 0 Å². The molecule has 0 aromatic carbocycles. The lowest BCUT2D eigenvalue weighted by atomic mass is 10.0. The first-order valence-corrected chi connectivity index (χ1v) is 8.47. The standard InChI is InChI=1S/C17H33NO/c1-2-3-4-5-6-7-8-9-10-11-12-13-14-15-16-17-18-19/h2-16H2,1H3. The fourth-order valence-electron chi connectivity index (χ4n) is 2.44. The maximum atomic E-state index is 9.78. The first-order valence-electron chi connectivity index (χ1n) is 8.47. The Labute approximate surface area is 120 Å². The molecule has 0 aliphatic heterocycles. The van der Waals surface area contributed by atoms with Gasteiger partial charge in [0.1, 0.15) is 0 Å². The van der Waals surface area contributed by atoms with Crippen molar-refractivity contribution in [2.75, 3.05) is 0 Å². The summed E-state index contributed by atoms with van der Waals surface area (Å²) in [6, 6.07) is 2.46. The quantitative estimate of drug-likeness (QED) is 0.254. The normalized spacial score (nSPS) is 10.2. The van der Waals surface area contributed by atoms with Gasteiger partial charge in [-0.25, -0.2) is 0 Å². The molecule has 2 nitrogen and oxygen atoms in total. The van der Waals surface area contributed by atoms with Gasteiger partial charge in [0.05, 0.1) is 6.42 Å². The molecule has 0 rings (SSSR count). The number of hydrogen-bond acceptors (Lipinski definition) is 1. The van der Waals surface area contributed by atoms with Crippen molar-refractivity contribution < 1.29 is 0 Å². The van der Waals surface area contributed by atoms with E-state index in [1.165, 1.54) is 83.5 Å². The fraction of sp³-hybridized carbons (Fsp3) is 0.941. The van der Waals surface area contributed by atoms with Gasteiger partial charge in [-0.1, -0.05) is 90.4 Å². The summed E-state index contributed by atoms with van der Waals surface area (Å²) in [5, 5.41) is 12.4. The Kier molecular flexibility index (Phi) is 16.6. The molecule has 0 aromatic heterocycles. The Balaban J connectivity index is 2.92. The number of unbranched alkanes of at least 4 members (excludes halogenated alkanes) is 14. The van der Waals surface area contributed by atoms with Gasteiger partial charge in [-0.15, -0.1) is 0 Å². The van der Waals surface area contributed by atoms with E-state index in [9.17, 15) is 5.21 Å². The maximum Gasteiger partial charge on any atom is 0.298 e. The molecule has 0 aliphatic carbocycles. The van der Waals surface area contributed by atoms with Gasteiger partial charge >= 0.3 is 0 Å². The Hall–Kier alpha value is -0.710. The molecular formula is C17H33NO. The molecule has 0 aromatic rings. The predicted octanol–water partition coefficient (Wildman–Crippen LogP) is 6.69. The maximum absolute atomic E-state index is 9.78. The number of rotatable bonds is 14. The average Bonchev–Trinajstić information content (AvgIpc) is 2.43. The first kappa shape index (κ1) is 18.3. The summed E-state index contributed by atoms with van der Waals surface area (Å²) < 4.78 is 0. The van der Waals surface area contributed by atoms with E-state index < -0.39 is 0 Å². The van der Waals surface area contributed by atoms with Crippen LogP contribution in [0.3, 0.4) is 0 Å². The molecule has 0 unspecified atom stereocenters. The number of hydrogen-bond donors (Lipinski definition) is 0. The van der Waals surface area contributed by atoms with Crippen molar-refractivity contribution in [3.8, 4) is 6.07 Å². The largest absolute Gasteiger partial charge is 0.498 e. The Morgan fingerprint density at radius 1 is 0.632 bits per heavy atom. The van der Waals surface area contributed by atoms with Crippen LogP contribution in [0.25, 0.3) is 5.01 Å². The number of nitrogens with zero attached hydrogens (tertiary/aromatic N) is 1. The SMILES string of the molecule is CCCCCCCCCCCCCCCCC#[N+][O-]. The van der Waals surface area contributed by atoms with Crippen molar-refractivity contribution in [1.29, 1.82) is 0 Å². The van der Waals surface area contributed by atoms with Crippen molar-refractivity contribution in [2.45, 2.75) is 103 Å². The van der Waals surface area contributed by atoms with E-state index in [4.69, 9.17) is 0 Å². The molecule has 19 heavy (non-hydrogen) atoms. The van der Waals surface area contributed by atoms with Gasteiger partial charge in [0.15, 0.2) is 0 Å². The zero-order valence-corrected chi connectivity index (χ0v) is 13.0. The topological polar surface area (TPSA) is 27.4 Å². The Bertz CT molecular complexity index is 217. The van der Waals surface area contributed by atoms with Crippen LogP contribution in [0.15, 0.2) is 0 Å². The summed E-state index contributed by atoms with van der Waals surface area (Å²) >= 11 is 0. The highest BCUT2D eigenvalue weighted by Gasteiger charge is 1.94. The summed E-state index contributed by atoms with van der Waals surface area (Å²) in [7, 11) is 0. The summed E-state index contributed by atoms with van der Waals surface area (Å²) in [5.41, 5.74) is 0. The molecule has 0 saturated heterocycles. The summed E-state index contributed by atoms with van der Waals surface area (Å²) in [6.07, 6.45) is 19.9. The zero-order valence-electron chi connectivity index (χ0n) is 13.0. The molecule has 0 N–H and O–H groups in total. The highest BCUT2D eigenvalue weighted by atomic mass is 16.4. The van der Waals surface area contributed by atoms with E-state index in [1.807, 2.05) is 0 Å². The van der Waals surface area contributed by atoms with Crippen LogP contribution in [0.5, 0.6) is 0 Å². The molecule has 0 amide bonds. The molecular weight excluding hydrogens is 234 g/mol. The summed E-state index contributed by atoms with van der Waals surface area (Å²) in [5.74, 6) is 0. The van der Waals surface area contributed by atoms with E-state index in [0.29, 0.717) is 0 Å². The van der Waals surface area contributed by atoms with Crippen LogP contribution >= 0.6 is 0 Å². The zero-order chi connectivity index (χ0) is 14.0. The minimum absolute atomic E-state index is 0.738. The van der Waals surface area contributed by atoms with Gasteiger partial charge in [-0.2, -0.15) is 0 Å². The average molecular weight is 267 g/mol. The molecule has 2 heteroatoms. The molecule has 0 heterocycles. The minimum Gasteiger partial charge on any atom is -0.498 e. The second-order valence-electron chi connectivity index (χ2n) is 5.60. The lowest BCUT2D eigenvalue weighted by Gasteiger charge is -2.02. The van der Waals surface area contributed by atoms with Crippen molar-refractivity contribution >= 4 is 0 Å². The van der Waals surface area contributed by atoms with Crippen molar-refractivity contribution in [3.05, 3.63) is 10.2 Å². The van der Waals surface area contributed by atoms with Crippen LogP contribution < -0.4 is 0 Å². The minimum atomic E-state index is 0.738. The monoisotopic (exact) mass is 267 g/mol. The molecule has 0 aliphatic rings. The second-order valence-corrected chi connectivity index (χ2v) is 5.60. The lowest BCUT2D eigenvalue weighted by Crippen LogP contribution is -1.83. The molecule has 0 atom stereocenters. The van der Waals surface area contributed by atoms with E-state index in [1.54, 1.807) is 0 Å². The van der Waals surface area contributed by atoms with Crippen LogP contribution in [0.4, 0.5) is 0 Å². The van der Waals surface area contributed by atoms with E-state index in [2.05, 4.69) is 18.0 Å². The second kappa shape index (κ2) is 17.3. The molecule has 0 bridgehead atoms. The third-order valence-corrected chi connectivity index (χ3v) is 3.71. The molecule has 0 saturated carbocycles. The summed E-state index contributed by atoms with van der Waals surface area (Å²) in [6.45, 7) is 2.27. The fourth-order valence-corrected chi connectivity index (χ4v) is 2.44. The predicted molar refractivity (Wildman–Crippen MR) is 85.5 cm³/mol. The molecule has 112 valence electrons. The van der Waals surface area contributed by atoms with Crippen LogP contribution in [-0.4, -0.2) is 0 Å². The van der Waals surface area contributed by atoms with Crippen LogP contribution in [0.1, 0.15) is 103 Å². The Morgan fingerprint density at radius 3 is 1.37 bits per heavy atom. The van der Waals surface area contributed by atoms with Crippen LogP contribution in [0, 0.1) is 11.3 Å². The van der Waals surface area contributed by atoms with Gasteiger partial charge in [-0.05, 0) is 6.42 Å². The van der Waals surface area contributed by atoms with Gasteiger partial charge in [0, 0.05) is 5.01 Å². The Morgan fingerprint density at radius 2 is 1.00 bits per heavy atom. The van der Waals surface area contributed by atoms with E-state index >= 15 is 0 Å². The first-order chi connectivity index (χ1) is 9.41. The molecule has 0 spiro atoms. The highest BCUT2D eigenvalue weighted by molar-refractivity contribution is 4.86. The smallest absolute Gasteiger partial charge is 0.298 e. The van der Waals surface area contributed by atoms with E-state index in [0.717, 1.165) is 12.8 Å². The lowest BCUT2D eigenvalue weighted by molar-refractivity contribution is 0.536. The molecule has 0 fully saturated rings. The van der Waals surface area contributed by atoms with Gasteiger partial charge in [0.25, 0.3) is 6.07 Å². The van der Waals surface area contributed by atoms with Gasteiger partial charge < -0.3 is 5.21 Å². The molecule has 0 radical (unpaired) electrons. The third kappa shape index (κ3) is 17.3. The summed E-state index contributed by atoms with van der Waals surface area (Å²) in [4.78, 5) is 0.